The van der Waals surface area contributed by atoms with Crippen LogP contribution >= 0.6 is 27.5 Å². The molecule has 1 fully saturated rings. The van der Waals surface area contributed by atoms with E-state index in [0.29, 0.717) is 30.0 Å². The van der Waals surface area contributed by atoms with E-state index in [1.54, 1.807) is 24.3 Å². The highest BCUT2D eigenvalue weighted by Crippen LogP contribution is 2.22. The molecular formula is C15H15BrClNO4. The summed E-state index contributed by atoms with van der Waals surface area (Å²) in [6, 6.07) is 5.71. The van der Waals surface area contributed by atoms with E-state index in [2.05, 4.69) is 15.9 Å². The number of alkyl halides is 1. The van der Waals surface area contributed by atoms with Crippen LogP contribution in [0.5, 0.6) is 0 Å². The monoisotopic (exact) mass is 387 g/mol. The number of amides is 1. The van der Waals surface area contributed by atoms with Crippen LogP contribution in [0.4, 0.5) is 0 Å². The van der Waals surface area contributed by atoms with Gasteiger partial charge in [-0.05, 0) is 25.0 Å². The van der Waals surface area contributed by atoms with Gasteiger partial charge < -0.3 is 10.0 Å². The van der Waals surface area contributed by atoms with E-state index >= 15 is 0 Å². The van der Waals surface area contributed by atoms with E-state index in [1.165, 1.54) is 4.90 Å². The van der Waals surface area contributed by atoms with Crippen LogP contribution < -0.4 is 0 Å². The van der Waals surface area contributed by atoms with Gasteiger partial charge >= 0.3 is 5.97 Å². The highest BCUT2D eigenvalue weighted by Gasteiger charge is 2.35. The molecule has 1 aliphatic heterocycles. The molecule has 1 N–H and O–H groups in total. The third-order valence-electron chi connectivity index (χ3n) is 3.61. The number of ketones is 1. The highest BCUT2D eigenvalue weighted by atomic mass is 79.9. The third kappa shape index (κ3) is 3.87. The third-order valence-corrected chi connectivity index (χ3v) is 4.58. The lowest BCUT2D eigenvalue weighted by Gasteiger charge is -2.22. The Bertz CT molecular complexity index is 607. The van der Waals surface area contributed by atoms with Crippen molar-refractivity contribution < 1.29 is 19.5 Å². The van der Waals surface area contributed by atoms with Crippen molar-refractivity contribution in [3.05, 3.63) is 34.9 Å². The highest BCUT2D eigenvalue weighted by molar-refractivity contribution is 9.10. The summed E-state index contributed by atoms with van der Waals surface area (Å²) in [5.41, 5.74) is 0.415. The molecule has 0 aromatic heterocycles. The summed E-state index contributed by atoms with van der Waals surface area (Å²) in [6.45, 7) is 0.418. The minimum absolute atomic E-state index is 0.0743. The summed E-state index contributed by atoms with van der Waals surface area (Å²) in [6.07, 6.45) is 1.04. The summed E-state index contributed by atoms with van der Waals surface area (Å²) in [5.74, 6) is -1.58. The first-order valence-corrected chi connectivity index (χ1v) is 8.15. The Morgan fingerprint density at radius 2 is 2.14 bits per heavy atom. The number of hydrogen-bond donors (Lipinski definition) is 1. The Morgan fingerprint density at radius 1 is 1.41 bits per heavy atom. The van der Waals surface area contributed by atoms with Gasteiger partial charge in [0, 0.05) is 23.6 Å². The normalized spacial score (nSPS) is 19.0. The van der Waals surface area contributed by atoms with Gasteiger partial charge in [0.25, 0.3) is 0 Å². The van der Waals surface area contributed by atoms with Crippen molar-refractivity contribution in [2.45, 2.75) is 30.1 Å². The number of Topliss-reactive ketones (excluding diaryl/α,β-unsaturated/α-hetero) is 1. The van der Waals surface area contributed by atoms with Crippen LogP contribution in [0.15, 0.2) is 24.3 Å². The van der Waals surface area contributed by atoms with Gasteiger partial charge in [0.15, 0.2) is 5.78 Å². The zero-order valence-electron chi connectivity index (χ0n) is 11.7. The molecule has 22 heavy (non-hydrogen) atoms. The quantitative estimate of drug-likeness (QED) is 0.622. The first kappa shape index (κ1) is 17.0. The Hall–Kier alpha value is -1.40. The molecule has 0 radical (unpaired) electrons. The number of rotatable bonds is 5. The molecule has 1 heterocycles. The Morgan fingerprint density at radius 3 is 2.77 bits per heavy atom. The Kier molecular flexibility index (Phi) is 5.58. The second kappa shape index (κ2) is 7.24. The van der Waals surface area contributed by atoms with Crippen molar-refractivity contribution in [2.24, 2.45) is 0 Å². The molecule has 7 heteroatoms. The number of likely N-dealkylation sites (tertiary alicyclic amines) is 1. The molecule has 0 bridgehead atoms. The summed E-state index contributed by atoms with van der Waals surface area (Å²) in [7, 11) is 0. The molecular weight excluding hydrogens is 374 g/mol. The second-order valence-corrected chi connectivity index (χ2v) is 6.67. The molecule has 1 aliphatic rings. The van der Waals surface area contributed by atoms with Gasteiger partial charge in [0.1, 0.15) is 6.04 Å². The topological polar surface area (TPSA) is 74.7 Å². The van der Waals surface area contributed by atoms with E-state index in [0.717, 1.165) is 0 Å². The van der Waals surface area contributed by atoms with Crippen molar-refractivity contribution >= 4 is 45.2 Å². The molecule has 1 saturated heterocycles. The molecule has 1 aromatic rings. The molecule has 1 amide bonds. The van der Waals surface area contributed by atoms with Crippen LogP contribution in [-0.4, -0.2) is 45.1 Å². The van der Waals surface area contributed by atoms with Gasteiger partial charge in [-0.2, -0.15) is 0 Å². The first-order chi connectivity index (χ1) is 10.4. The summed E-state index contributed by atoms with van der Waals surface area (Å²) in [4.78, 5) is 36.2. The zero-order chi connectivity index (χ0) is 16.3. The van der Waals surface area contributed by atoms with Crippen molar-refractivity contribution in [2.75, 3.05) is 6.54 Å². The van der Waals surface area contributed by atoms with Gasteiger partial charge in [-0.1, -0.05) is 39.7 Å². The fourth-order valence-electron chi connectivity index (χ4n) is 2.51. The van der Waals surface area contributed by atoms with E-state index < -0.39 is 16.8 Å². The van der Waals surface area contributed by atoms with Gasteiger partial charge in [-0.15, -0.1) is 0 Å². The zero-order valence-corrected chi connectivity index (χ0v) is 14.0. The minimum atomic E-state index is -1.00. The minimum Gasteiger partial charge on any atom is -0.480 e. The van der Waals surface area contributed by atoms with Gasteiger partial charge in [0.05, 0.1) is 4.83 Å². The van der Waals surface area contributed by atoms with Crippen LogP contribution in [0.25, 0.3) is 0 Å². The summed E-state index contributed by atoms with van der Waals surface area (Å²) >= 11 is 9.07. The predicted molar refractivity (Wildman–Crippen MR) is 85.5 cm³/mol. The number of carbonyl (C=O) groups excluding carboxylic acids is 2. The van der Waals surface area contributed by atoms with Crippen molar-refractivity contribution in [1.82, 2.24) is 4.90 Å². The molecule has 2 rings (SSSR count). The number of benzene rings is 1. The summed E-state index contributed by atoms with van der Waals surface area (Å²) < 4.78 is 0. The maximum Gasteiger partial charge on any atom is 0.326 e. The Balaban J connectivity index is 2.02. The molecule has 1 unspecified atom stereocenters. The van der Waals surface area contributed by atoms with E-state index in [-0.39, 0.29) is 18.1 Å². The average molecular weight is 389 g/mol. The standard InChI is InChI=1S/C15H15BrClNO4/c16-11(14(20)9-3-1-4-10(17)7-9)8-13(19)18-6-2-5-12(18)15(21)22/h1,3-4,7,11-12H,2,5-6,8H2,(H,21,22)/t11?,12-/m0/s1. The average Bonchev–Trinajstić information content (AvgIpc) is 2.96. The number of carboxylic acids is 1. The van der Waals surface area contributed by atoms with E-state index in [1.807, 2.05) is 0 Å². The summed E-state index contributed by atoms with van der Waals surface area (Å²) in [5, 5.41) is 9.54. The van der Waals surface area contributed by atoms with Gasteiger partial charge in [-0.3, -0.25) is 9.59 Å². The van der Waals surface area contributed by atoms with Crippen molar-refractivity contribution in [1.29, 1.82) is 0 Å². The lowest BCUT2D eigenvalue weighted by molar-refractivity contribution is -0.148. The molecule has 0 aliphatic carbocycles. The molecule has 2 atom stereocenters. The fraction of sp³-hybridized carbons (Fsp3) is 0.400. The number of halogens is 2. The number of carbonyl (C=O) groups is 3. The van der Waals surface area contributed by atoms with Gasteiger partial charge in [-0.25, -0.2) is 4.79 Å². The lowest BCUT2D eigenvalue weighted by Crippen LogP contribution is -2.41. The largest absolute Gasteiger partial charge is 0.480 e. The number of carboxylic acid groups (broad SMARTS) is 1. The first-order valence-electron chi connectivity index (χ1n) is 6.86. The number of aliphatic carboxylic acids is 1. The second-order valence-electron chi connectivity index (χ2n) is 5.13. The van der Waals surface area contributed by atoms with E-state index in [9.17, 15) is 14.4 Å². The smallest absolute Gasteiger partial charge is 0.326 e. The van der Waals surface area contributed by atoms with Crippen LogP contribution in [-0.2, 0) is 9.59 Å². The van der Waals surface area contributed by atoms with Crippen LogP contribution in [0, 0.1) is 0 Å². The molecule has 0 spiro atoms. The number of hydrogen-bond acceptors (Lipinski definition) is 3. The molecule has 118 valence electrons. The van der Waals surface area contributed by atoms with Crippen LogP contribution in [0.3, 0.4) is 0 Å². The fourth-order valence-corrected chi connectivity index (χ4v) is 3.24. The predicted octanol–water partition coefficient (Wildman–Crippen LogP) is 2.75. The maximum atomic E-state index is 12.3. The SMILES string of the molecule is O=C(c1cccc(Cl)c1)C(Br)CC(=O)N1CCC[C@H]1C(=O)O. The van der Waals surface area contributed by atoms with Crippen molar-refractivity contribution in [3.8, 4) is 0 Å². The molecule has 1 aromatic carbocycles. The van der Waals surface area contributed by atoms with Crippen molar-refractivity contribution in [3.63, 3.8) is 0 Å². The Labute approximate surface area is 141 Å². The lowest BCUT2D eigenvalue weighted by atomic mass is 10.1. The number of nitrogens with zero attached hydrogens (tertiary/aromatic N) is 1. The van der Waals surface area contributed by atoms with Crippen LogP contribution in [0.2, 0.25) is 5.02 Å². The molecule has 5 nitrogen and oxygen atoms in total. The van der Waals surface area contributed by atoms with E-state index in [4.69, 9.17) is 16.7 Å². The molecule has 0 saturated carbocycles. The van der Waals surface area contributed by atoms with Crippen LogP contribution in [0.1, 0.15) is 29.6 Å². The maximum absolute atomic E-state index is 12.3. The van der Waals surface area contributed by atoms with Gasteiger partial charge in [0.2, 0.25) is 5.91 Å².